The zero-order valence-corrected chi connectivity index (χ0v) is 28.4. The number of aromatic nitrogens is 2. The largest absolute Gasteiger partial charge is 0.481 e. The number of carbonyl (C=O) groups is 5. The van der Waals surface area contributed by atoms with E-state index in [0.717, 1.165) is 11.4 Å². The standard InChI is InChI=1S/C30H40N6O10.Re/c37-21-36-15-6-3-8-23(36)20-35(19-22-7-1-4-13-31-22)16-18-46-17-12-26(38)32-14-5-2-9-24(28(41)42)33-30(45)34-25(29(43)44)10-11-27(39)40;/h1,3-4,6-8,13,15,24-25H,2,5,9-12,14,16-20H2,(H,32,38)(H,39,40)(H,41,42)(H,43,44)(H2,33,34,45);/t24-,25-;/m0./s1. The van der Waals surface area contributed by atoms with Crippen LogP contribution in [0, 0.1) is 0 Å². The molecule has 17 heteroatoms. The first-order valence-electron chi connectivity index (χ1n) is 14.7. The fraction of sp³-hybridized carbons (Fsp3) is 0.467. The smallest absolute Gasteiger partial charge is 0.362 e. The molecule has 0 saturated heterocycles. The Morgan fingerprint density at radius 1 is 0.894 bits per heavy atom. The van der Waals surface area contributed by atoms with Crippen LogP contribution in [0.5, 0.6) is 0 Å². The van der Waals surface area contributed by atoms with Gasteiger partial charge < -0.3 is 36.0 Å². The van der Waals surface area contributed by atoms with Crippen molar-refractivity contribution in [2.45, 2.75) is 63.7 Å². The zero-order valence-electron chi connectivity index (χ0n) is 25.7. The first kappa shape index (κ1) is 40.7. The number of ether oxygens (including phenoxy) is 1. The van der Waals surface area contributed by atoms with Crippen molar-refractivity contribution in [3.05, 3.63) is 60.2 Å². The van der Waals surface area contributed by atoms with Crippen molar-refractivity contribution in [3.63, 3.8) is 0 Å². The molecule has 3 amide bonds. The van der Waals surface area contributed by atoms with E-state index in [-0.39, 0.29) is 58.7 Å². The molecule has 0 aliphatic carbocycles. The molecule has 0 aliphatic rings. The molecule has 0 spiro atoms. The third-order valence-corrected chi connectivity index (χ3v) is 6.66. The molecule has 257 valence electrons. The second kappa shape index (κ2) is 23.1. The van der Waals surface area contributed by atoms with Crippen LogP contribution in [0.1, 0.15) is 49.9 Å². The number of nitrogens with one attached hydrogen (secondary N) is 3. The number of amides is 3. The first-order chi connectivity index (χ1) is 22.1. The molecule has 0 aliphatic heterocycles. The average molecular weight is 831 g/mol. The minimum atomic E-state index is -1.49. The van der Waals surface area contributed by atoms with E-state index in [4.69, 9.17) is 14.9 Å². The van der Waals surface area contributed by atoms with Gasteiger partial charge in [0.15, 0.2) is 0 Å². The maximum Gasteiger partial charge on any atom is 0.362 e. The summed E-state index contributed by atoms with van der Waals surface area (Å²) in [7, 11) is 0. The number of pyridine rings is 2. The molecule has 0 bridgehead atoms. The summed E-state index contributed by atoms with van der Waals surface area (Å²) in [5, 5.41) is 34.2. The van der Waals surface area contributed by atoms with Crippen molar-refractivity contribution in [2.75, 3.05) is 26.3 Å². The van der Waals surface area contributed by atoms with Crippen molar-refractivity contribution in [1.29, 1.82) is 0 Å². The van der Waals surface area contributed by atoms with Gasteiger partial charge in [0.2, 0.25) is 5.91 Å². The molecule has 2 rings (SSSR count). The summed E-state index contributed by atoms with van der Waals surface area (Å²) in [6, 6.07) is 7.21. The normalized spacial score (nSPS) is 11.9. The van der Waals surface area contributed by atoms with E-state index in [1.807, 2.05) is 36.7 Å². The van der Waals surface area contributed by atoms with Gasteiger partial charge in [-0.1, -0.05) is 24.3 Å². The Morgan fingerprint density at radius 3 is 2.23 bits per heavy atom. The van der Waals surface area contributed by atoms with Crippen molar-refractivity contribution in [3.8, 4) is 0 Å². The second-order valence-corrected chi connectivity index (χ2v) is 10.2. The Labute approximate surface area is 285 Å². The van der Waals surface area contributed by atoms with E-state index in [1.54, 1.807) is 18.5 Å². The topological polar surface area (TPSA) is 228 Å². The van der Waals surface area contributed by atoms with E-state index in [9.17, 15) is 33.9 Å². The van der Waals surface area contributed by atoms with Crippen LogP contribution >= 0.6 is 0 Å². The number of carboxylic acids is 3. The van der Waals surface area contributed by atoms with Gasteiger partial charge in [0.05, 0.1) is 30.8 Å². The number of carboxylic acid groups (broad SMARTS) is 3. The van der Waals surface area contributed by atoms with Gasteiger partial charge in [-0.25, -0.2) is 14.4 Å². The molecule has 2 aromatic heterocycles. The van der Waals surface area contributed by atoms with Gasteiger partial charge in [-0.2, -0.15) is 0 Å². The van der Waals surface area contributed by atoms with E-state index in [2.05, 4.69) is 25.8 Å². The molecule has 0 saturated carbocycles. The van der Waals surface area contributed by atoms with Crippen molar-refractivity contribution < 1.29 is 73.8 Å². The van der Waals surface area contributed by atoms with E-state index < -0.39 is 42.4 Å². The van der Waals surface area contributed by atoms with Crippen molar-refractivity contribution in [1.82, 2.24) is 25.8 Å². The molecule has 47 heavy (non-hydrogen) atoms. The van der Waals surface area contributed by atoms with Gasteiger partial charge >= 0.3 is 30.3 Å². The Kier molecular flexibility index (Phi) is 20.0. The van der Waals surface area contributed by atoms with Crippen LogP contribution in [0.2, 0.25) is 0 Å². The summed E-state index contributed by atoms with van der Waals surface area (Å²) < 4.78 is 7.06. The number of urea groups is 1. The van der Waals surface area contributed by atoms with Crippen LogP contribution in [-0.2, 0) is 62.2 Å². The van der Waals surface area contributed by atoms with Gasteiger partial charge in [0.25, 0.3) is 0 Å². The van der Waals surface area contributed by atoms with Gasteiger partial charge in [-0.05, 0) is 37.8 Å². The summed E-state index contributed by atoms with van der Waals surface area (Å²) in [6.45, 7) is 2.28. The Bertz CT molecular complexity index is 1300. The van der Waals surface area contributed by atoms with Crippen LogP contribution in [0.25, 0.3) is 0 Å². The molecule has 2 heterocycles. The number of carbonyl (C=O) groups excluding carboxylic acids is 3. The molecule has 6 N–H and O–H groups in total. The average Bonchev–Trinajstić information content (AvgIpc) is 3.02. The molecule has 0 unspecified atom stereocenters. The Balaban J connectivity index is 0.0000110. The van der Waals surface area contributed by atoms with Crippen LogP contribution in [-0.4, -0.2) is 99.8 Å². The minimum Gasteiger partial charge on any atom is -0.481 e. The third kappa shape index (κ3) is 17.3. The molecule has 16 nitrogen and oxygen atoms in total. The Morgan fingerprint density at radius 2 is 1.60 bits per heavy atom. The maximum absolute atomic E-state index is 12.2. The van der Waals surface area contributed by atoms with Gasteiger partial charge in [-0.15, -0.1) is 0 Å². The Hall–Kier alpha value is -4.30. The van der Waals surface area contributed by atoms with Gasteiger partial charge in [-0.3, -0.25) is 28.8 Å². The van der Waals surface area contributed by atoms with Crippen molar-refractivity contribution >= 4 is 36.3 Å². The van der Waals surface area contributed by atoms with Crippen LogP contribution in [0.4, 0.5) is 4.79 Å². The molecular formula is C30H40N6O10Re. The molecular weight excluding hydrogens is 791 g/mol. The molecule has 2 atom stereocenters. The summed E-state index contributed by atoms with van der Waals surface area (Å²) in [4.78, 5) is 75.4. The number of aliphatic carboxylic acids is 3. The molecule has 0 aromatic carbocycles. The molecule has 0 fully saturated rings. The number of hydrogen-bond acceptors (Lipinski definition) is 9. The summed E-state index contributed by atoms with van der Waals surface area (Å²) in [5.41, 5.74) is 1.61. The number of unbranched alkanes of at least 4 members (excludes halogenated alkanes) is 1. The second-order valence-electron chi connectivity index (χ2n) is 10.2. The maximum atomic E-state index is 12.2. The predicted molar refractivity (Wildman–Crippen MR) is 160 cm³/mol. The number of rotatable bonds is 23. The molecule has 2 aromatic rings. The van der Waals surface area contributed by atoms with E-state index >= 15 is 0 Å². The third-order valence-electron chi connectivity index (χ3n) is 6.66. The van der Waals surface area contributed by atoms with Gasteiger partial charge in [0, 0.05) is 65.6 Å². The summed E-state index contributed by atoms with van der Waals surface area (Å²) >= 11 is 0. The fourth-order valence-electron chi connectivity index (χ4n) is 4.25. The van der Waals surface area contributed by atoms with E-state index in [1.165, 1.54) is 4.57 Å². The SMILES string of the molecule is O=[C-][n+]1ccccc1CN(CCOCCC(=O)NCCCC[C@H](NC(=O)N[C@@H](CCC(=O)O)C(=O)O)C(=O)O)Cc1ccccn1.[Re]. The first-order valence-corrected chi connectivity index (χ1v) is 14.7. The van der Waals surface area contributed by atoms with E-state index in [0.29, 0.717) is 39.1 Å². The summed E-state index contributed by atoms with van der Waals surface area (Å²) in [5.74, 6) is -4.24. The summed E-state index contributed by atoms with van der Waals surface area (Å²) in [6.07, 6.45) is 5.28. The quantitative estimate of drug-likeness (QED) is 0.0496. The molecule has 1 radical (unpaired) electrons. The minimum absolute atomic E-state index is 0. The van der Waals surface area contributed by atoms with Crippen LogP contribution in [0.3, 0.4) is 0 Å². The van der Waals surface area contributed by atoms with Crippen LogP contribution < -0.4 is 20.5 Å². The predicted octanol–water partition coefficient (Wildman–Crippen LogP) is 0.0477. The number of hydrogen-bond donors (Lipinski definition) is 6. The van der Waals surface area contributed by atoms with Crippen LogP contribution in [0.15, 0.2) is 48.8 Å². The van der Waals surface area contributed by atoms with Gasteiger partial charge in [0.1, 0.15) is 12.1 Å². The zero-order chi connectivity index (χ0) is 33.7. The monoisotopic (exact) mass is 831 g/mol. The fourth-order valence-corrected chi connectivity index (χ4v) is 4.25. The number of nitrogens with zero attached hydrogens (tertiary/aromatic N) is 3. The van der Waals surface area contributed by atoms with Crippen molar-refractivity contribution in [2.24, 2.45) is 0 Å².